The van der Waals surface area contributed by atoms with Crippen LogP contribution in [0.15, 0.2) is 73.3 Å². The van der Waals surface area contributed by atoms with Crippen LogP contribution in [0.1, 0.15) is 11.1 Å². The third kappa shape index (κ3) is 4.94. The van der Waals surface area contributed by atoms with Crippen molar-refractivity contribution in [1.29, 1.82) is 0 Å². The number of carbonyl (C=O) groups is 1. The molecule has 9 heteroatoms. The molecule has 0 saturated carbocycles. The van der Waals surface area contributed by atoms with E-state index in [1.807, 2.05) is 49.8 Å². The zero-order chi connectivity index (χ0) is 23.5. The molecular weight excluding hydrogens is 451 g/mol. The molecule has 0 radical (unpaired) electrons. The van der Waals surface area contributed by atoms with Crippen LogP contribution in [0, 0.1) is 5.82 Å². The summed E-state index contributed by atoms with van der Waals surface area (Å²) in [4.78, 5) is 22.2. The summed E-state index contributed by atoms with van der Waals surface area (Å²) in [7, 11) is 1.89. The van der Waals surface area contributed by atoms with Crippen LogP contribution in [0.4, 0.5) is 15.9 Å². The average Bonchev–Trinajstić information content (AvgIpc) is 3.46. The molecule has 0 fully saturated rings. The Labute approximate surface area is 199 Å². The first-order chi connectivity index (χ1) is 16.5. The lowest BCUT2D eigenvalue weighted by molar-refractivity contribution is -0.120. The molecule has 170 valence electrons. The predicted molar refractivity (Wildman–Crippen MR) is 131 cm³/mol. The molecule has 2 N–H and O–H groups in total. The number of halogens is 1. The van der Waals surface area contributed by atoms with Gasteiger partial charge in [0.2, 0.25) is 5.91 Å². The number of nitrogens with one attached hydrogen (secondary N) is 2. The van der Waals surface area contributed by atoms with Gasteiger partial charge in [-0.15, -0.1) is 11.3 Å². The van der Waals surface area contributed by atoms with Crippen LogP contribution in [-0.2, 0) is 24.8 Å². The fourth-order valence-electron chi connectivity index (χ4n) is 3.57. The molecule has 0 aliphatic carbocycles. The largest absolute Gasteiger partial charge is 0.352 e. The minimum atomic E-state index is -0.313. The highest BCUT2D eigenvalue weighted by molar-refractivity contribution is 7.22. The summed E-state index contributed by atoms with van der Waals surface area (Å²) in [6, 6.07) is 15.9. The first-order valence-corrected chi connectivity index (χ1v) is 11.5. The van der Waals surface area contributed by atoms with Crippen LogP contribution in [0.2, 0.25) is 0 Å². The van der Waals surface area contributed by atoms with Crippen LogP contribution < -0.4 is 10.6 Å². The van der Waals surface area contributed by atoms with E-state index in [0.717, 1.165) is 43.3 Å². The van der Waals surface area contributed by atoms with Crippen molar-refractivity contribution in [1.82, 2.24) is 25.1 Å². The molecule has 1 amide bonds. The number of benzene rings is 2. The second-order valence-corrected chi connectivity index (χ2v) is 8.91. The van der Waals surface area contributed by atoms with Gasteiger partial charge in [0.25, 0.3) is 0 Å². The molecule has 0 aliphatic rings. The van der Waals surface area contributed by atoms with Crippen molar-refractivity contribution < 1.29 is 9.18 Å². The average molecular weight is 473 g/mol. The van der Waals surface area contributed by atoms with Gasteiger partial charge in [-0.05, 0) is 41.5 Å². The van der Waals surface area contributed by atoms with E-state index in [2.05, 4.69) is 25.7 Å². The number of carbonyl (C=O) groups excluding carboxylic acids is 1. The lowest BCUT2D eigenvalue weighted by Gasteiger charge is -2.08. The molecule has 2 aromatic carbocycles. The van der Waals surface area contributed by atoms with Crippen LogP contribution in [0.3, 0.4) is 0 Å². The van der Waals surface area contributed by atoms with Gasteiger partial charge in [-0.3, -0.25) is 9.48 Å². The zero-order valence-electron chi connectivity index (χ0n) is 18.3. The lowest BCUT2D eigenvalue weighted by atomic mass is 10.1. The SMILES string of the molecule is Cn1cc(-c2cc3ncnc(Nc4ccc(CC(=O)NCc5cccc(F)c5)cc4)c3s2)cn1. The summed E-state index contributed by atoms with van der Waals surface area (Å²) in [6.45, 7) is 0.293. The summed E-state index contributed by atoms with van der Waals surface area (Å²) < 4.78 is 16.0. The maximum atomic E-state index is 13.3. The van der Waals surface area contributed by atoms with Crippen molar-refractivity contribution in [2.24, 2.45) is 7.05 Å². The van der Waals surface area contributed by atoms with Crippen LogP contribution in [0.25, 0.3) is 20.7 Å². The number of rotatable bonds is 7. The fraction of sp³-hybridized carbons (Fsp3) is 0.120. The van der Waals surface area contributed by atoms with Crippen LogP contribution >= 0.6 is 11.3 Å². The van der Waals surface area contributed by atoms with Gasteiger partial charge in [-0.1, -0.05) is 24.3 Å². The third-order valence-corrected chi connectivity index (χ3v) is 6.44. The van der Waals surface area contributed by atoms with E-state index in [-0.39, 0.29) is 18.1 Å². The van der Waals surface area contributed by atoms with E-state index >= 15 is 0 Å². The maximum Gasteiger partial charge on any atom is 0.224 e. The Balaban J connectivity index is 1.24. The van der Waals surface area contributed by atoms with Gasteiger partial charge in [-0.2, -0.15) is 5.10 Å². The van der Waals surface area contributed by atoms with Gasteiger partial charge >= 0.3 is 0 Å². The van der Waals surface area contributed by atoms with E-state index in [1.165, 1.54) is 12.1 Å². The smallest absolute Gasteiger partial charge is 0.224 e. The van der Waals surface area contributed by atoms with Gasteiger partial charge < -0.3 is 10.6 Å². The Morgan fingerprint density at radius 2 is 1.94 bits per heavy atom. The molecule has 0 aliphatic heterocycles. The Bertz CT molecular complexity index is 1460. The van der Waals surface area contributed by atoms with Gasteiger partial charge in [0.1, 0.15) is 12.1 Å². The fourth-order valence-corrected chi connectivity index (χ4v) is 4.60. The molecule has 0 saturated heterocycles. The number of aryl methyl sites for hydroxylation is 1. The Hall–Kier alpha value is -4.11. The maximum absolute atomic E-state index is 13.3. The van der Waals surface area contributed by atoms with Crippen molar-refractivity contribution in [3.63, 3.8) is 0 Å². The highest BCUT2D eigenvalue weighted by atomic mass is 32.1. The number of fused-ring (bicyclic) bond motifs is 1. The summed E-state index contributed by atoms with van der Waals surface area (Å²) in [5, 5.41) is 10.4. The van der Waals surface area contributed by atoms with Gasteiger partial charge in [0.15, 0.2) is 5.82 Å². The normalized spacial score (nSPS) is 11.0. The van der Waals surface area contributed by atoms with E-state index < -0.39 is 0 Å². The molecule has 0 spiro atoms. The number of hydrogen-bond acceptors (Lipinski definition) is 6. The summed E-state index contributed by atoms with van der Waals surface area (Å²) in [6.07, 6.45) is 5.59. The molecule has 5 rings (SSSR count). The van der Waals surface area contributed by atoms with Crippen molar-refractivity contribution in [3.8, 4) is 10.4 Å². The first kappa shape index (κ1) is 21.7. The van der Waals surface area contributed by atoms with E-state index in [0.29, 0.717) is 6.54 Å². The van der Waals surface area contributed by atoms with Gasteiger partial charge in [-0.25, -0.2) is 14.4 Å². The highest BCUT2D eigenvalue weighted by Gasteiger charge is 2.12. The Morgan fingerprint density at radius 3 is 2.71 bits per heavy atom. The minimum absolute atomic E-state index is 0.121. The molecule has 5 aromatic rings. The van der Waals surface area contributed by atoms with Crippen LogP contribution in [-0.4, -0.2) is 25.7 Å². The first-order valence-electron chi connectivity index (χ1n) is 10.6. The number of hydrogen-bond donors (Lipinski definition) is 2. The quantitative estimate of drug-likeness (QED) is 0.354. The molecular formula is C25H21FN6OS. The topological polar surface area (TPSA) is 84.7 Å². The van der Waals surface area contributed by atoms with Crippen LogP contribution in [0.5, 0.6) is 0 Å². The Kier molecular flexibility index (Phi) is 6.01. The van der Waals surface area contributed by atoms with Crippen molar-refractivity contribution in [2.45, 2.75) is 13.0 Å². The monoisotopic (exact) mass is 472 g/mol. The number of thiophene rings is 1. The number of amides is 1. The van der Waals surface area contributed by atoms with Crippen molar-refractivity contribution in [2.75, 3.05) is 5.32 Å². The number of aromatic nitrogens is 4. The molecule has 34 heavy (non-hydrogen) atoms. The standard InChI is InChI=1S/C25H21FN6OS/c1-32-14-18(13-30-32)22-11-21-24(34-22)25(29-15-28-21)31-20-7-5-16(6-8-20)10-23(33)27-12-17-3-2-4-19(26)9-17/h2-9,11,13-15H,10,12H2,1H3,(H,27,33)(H,28,29,31). The zero-order valence-corrected chi connectivity index (χ0v) is 19.1. The molecule has 0 unspecified atom stereocenters. The van der Waals surface area contributed by atoms with Gasteiger partial charge in [0.05, 0.1) is 22.8 Å². The molecule has 7 nitrogen and oxygen atoms in total. The van der Waals surface area contributed by atoms with E-state index in [1.54, 1.807) is 34.5 Å². The van der Waals surface area contributed by atoms with Crippen molar-refractivity contribution >= 4 is 39.0 Å². The van der Waals surface area contributed by atoms with Crippen molar-refractivity contribution in [3.05, 3.63) is 90.3 Å². The lowest BCUT2D eigenvalue weighted by Crippen LogP contribution is -2.24. The summed E-state index contributed by atoms with van der Waals surface area (Å²) in [5.74, 6) is 0.293. The van der Waals surface area contributed by atoms with Gasteiger partial charge in [0, 0.05) is 35.9 Å². The molecule has 0 bridgehead atoms. The Morgan fingerprint density at radius 1 is 1.09 bits per heavy atom. The number of nitrogens with zero attached hydrogens (tertiary/aromatic N) is 4. The second kappa shape index (κ2) is 9.40. The number of anilines is 2. The molecule has 3 heterocycles. The highest BCUT2D eigenvalue weighted by Crippen LogP contribution is 2.36. The second-order valence-electron chi connectivity index (χ2n) is 7.86. The summed E-state index contributed by atoms with van der Waals surface area (Å²) in [5.41, 5.74) is 4.37. The summed E-state index contributed by atoms with van der Waals surface area (Å²) >= 11 is 1.61. The molecule has 3 aromatic heterocycles. The molecule has 0 atom stereocenters. The third-order valence-electron chi connectivity index (χ3n) is 5.26. The predicted octanol–water partition coefficient (Wildman–Crippen LogP) is 4.83. The van der Waals surface area contributed by atoms with E-state index in [9.17, 15) is 9.18 Å². The minimum Gasteiger partial charge on any atom is -0.352 e. The van der Waals surface area contributed by atoms with E-state index in [4.69, 9.17) is 0 Å².